The van der Waals surface area contributed by atoms with Crippen molar-refractivity contribution in [1.82, 2.24) is 14.7 Å². The van der Waals surface area contributed by atoms with Gasteiger partial charge < -0.3 is 36.0 Å². The highest BCUT2D eigenvalue weighted by atomic mass is 16.5. The van der Waals surface area contributed by atoms with E-state index in [1.54, 1.807) is 12.1 Å². The smallest absolute Gasteiger partial charge is 0.302 e. The standard InChI is InChI=1S/C31H39N5O7/c1-19(37)43-23-17-27(36(18-23)29(40)24(32)15-21-10-12-22(38)13-11-21)30(41)34(2)26(16-20-7-4-3-5-8-20)31(42)35-14-6-9-25(35)28(33)39/h3-5,7-8,10-13,23-27,38H,6,9,14-18,32H2,1-2H3,(H2,33,39)/t23?,24-,25+,26-,27-/m0/s1. The van der Waals surface area contributed by atoms with Crippen LogP contribution in [0, 0.1) is 0 Å². The lowest BCUT2D eigenvalue weighted by atomic mass is 10.0. The van der Waals surface area contributed by atoms with Gasteiger partial charge in [0.15, 0.2) is 0 Å². The lowest BCUT2D eigenvalue weighted by molar-refractivity contribution is -0.151. The monoisotopic (exact) mass is 593 g/mol. The Kier molecular flexibility index (Phi) is 10.0. The first-order chi connectivity index (χ1) is 20.5. The van der Waals surface area contributed by atoms with Gasteiger partial charge in [0.1, 0.15) is 30.0 Å². The van der Waals surface area contributed by atoms with Crippen molar-refractivity contribution in [1.29, 1.82) is 0 Å². The molecule has 2 aromatic rings. The van der Waals surface area contributed by atoms with Gasteiger partial charge in [-0.05, 0) is 42.5 Å². The van der Waals surface area contributed by atoms with Crippen LogP contribution < -0.4 is 11.5 Å². The number of carbonyl (C=O) groups is 5. The average molecular weight is 594 g/mol. The van der Waals surface area contributed by atoms with Crippen molar-refractivity contribution >= 4 is 29.6 Å². The Bertz CT molecular complexity index is 1340. The summed E-state index contributed by atoms with van der Waals surface area (Å²) in [6.07, 6.45) is 0.709. The normalized spacial score (nSPS) is 21.2. The Hall–Kier alpha value is -4.45. The Labute approximate surface area is 250 Å². The van der Waals surface area contributed by atoms with Gasteiger partial charge in [-0.2, -0.15) is 0 Å². The summed E-state index contributed by atoms with van der Waals surface area (Å²) in [6.45, 7) is 1.57. The molecule has 0 aromatic heterocycles. The Morgan fingerprint density at radius 1 is 0.953 bits per heavy atom. The highest BCUT2D eigenvalue weighted by Crippen LogP contribution is 2.27. The second-order valence-corrected chi connectivity index (χ2v) is 11.2. The first-order valence-corrected chi connectivity index (χ1v) is 14.4. The van der Waals surface area contributed by atoms with Gasteiger partial charge in [-0.15, -0.1) is 0 Å². The number of rotatable bonds is 10. The Morgan fingerprint density at radius 3 is 2.23 bits per heavy atom. The second kappa shape index (κ2) is 13.7. The van der Waals surface area contributed by atoms with E-state index in [-0.39, 0.29) is 31.6 Å². The minimum Gasteiger partial charge on any atom is -0.508 e. The summed E-state index contributed by atoms with van der Waals surface area (Å²) in [4.78, 5) is 69.6. The maximum absolute atomic E-state index is 14.1. The van der Waals surface area contributed by atoms with Crippen LogP contribution in [0.15, 0.2) is 54.6 Å². The summed E-state index contributed by atoms with van der Waals surface area (Å²) < 4.78 is 5.39. The molecule has 0 saturated carbocycles. The van der Waals surface area contributed by atoms with E-state index in [2.05, 4.69) is 0 Å². The van der Waals surface area contributed by atoms with E-state index < -0.39 is 59.9 Å². The van der Waals surface area contributed by atoms with Crippen molar-refractivity contribution in [3.63, 3.8) is 0 Å². The van der Waals surface area contributed by atoms with Crippen LogP contribution >= 0.6 is 0 Å². The molecule has 5 atom stereocenters. The van der Waals surface area contributed by atoms with E-state index in [0.29, 0.717) is 19.4 Å². The van der Waals surface area contributed by atoms with Crippen molar-refractivity contribution in [2.45, 2.75) is 69.3 Å². The number of nitrogens with zero attached hydrogens (tertiary/aromatic N) is 3. The maximum atomic E-state index is 14.1. The summed E-state index contributed by atoms with van der Waals surface area (Å²) in [6, 6.07) is 11.7. The third-order valence-electron chi connectivity index (χ3n) is 8.11. The van der Waals surface area contributed by atoms with E-state index in [0.717, 1.165) is 11.1 Å². The topological polar surface area (TPSA) is 177 Å². The van der Waals surface area contributed by atoms with Gasteiger partial charge in [0.25, 0.3) is 0 Å². The molecule has 2 heterocycles. The molecule has 2 aliphatic rings. The number of benzene rings is 2. The van der Waals surface area contributed by atoms with Crippen molar-refractivity contribution in [3.05, 3.63) is 65.7 Å². The van der Waals surface area contributed by atoms with Crippen LogP contribution in [0.5, 0.6) is 5.75 Å². The number of phenols is 1. The number of likely N-dealkylation sites (N-methyl/N-ethyl adjacent to an activating group) is 1. The molecule has 12 heteroatoms. The molecule has 230 valence electrons. The zero-order valence-electron chi connectivity index (χ0n) is 24.4. The lowest BCUT2D eigenvalue weighted by Gasteiger charge is -2.36. The number of hydrogen-bond donors (Lipinski definition) is 3. The minimum atomic E-state index is -1.04. The van der Waals surface area contributed by atoms with Gasteiger partial charge in [0, 0.05) is 33.4 Å². The number of esters is 1. The predicted molar refractivity (Wildman–Crippen MR) is 156 cm³/mol. The van der Waals surface area contributed by atoms with Crippen molar-refractivity contribution in [3.8, 4) is 5.75 Å². The van der Waals surface area contributed by atoms with Gasteiger partial charge >= 0.3 is 5.97 Å². The van der Waals surface area contributed by atoms with E-state index in [1.165, 1.54) is 40.8 Å². The van der Waals surface area contributed by atoms with Gasteiger partial charge in [0.05, 0.1) is 12.6 Å². The highest BCUT2D eigenvalue weighted by Gasteiger charge is 2.46. The van der Waals surface area contributed by atoms with Gasteiger partial charge in [0.2, 0.25) is 23.6 Å². The number of primary amides is 1. The molecule has 1 unspecified atom stereocenters. The predicted octanol–water partition coefficient (Wildman–Crippen LogP) is 0.341. The Morgan fingerprint density at radius 2 is 1.60 bits per heavy atom. The van der Waals surface area contributed by atoms with E-state index in [9.17, 15) is 29.1 Å². The highest BCUT2D eigenvalue weighted by molar-refractivity contribution is 5.95. The minimum absolute atomic E-state index is 0.0287. The molecule has 5 N–H and O–H groups in total. The number of nitrogens with two attached hydrogens (primary N) is 2. The van der Waals surface area contributed by atoms with Crippen molar-refractivity contribution < 1.29 is 33.8 Å². The third kappa shape index (κ3) is 7.50. The quantitative estimate of drug-likeness (QED) is 0.330. The fourth-order valence-electron chi connectivity index (χ4n) is 5.92. The van der Waals surface area contributed by atoms with Crippen LogP contribution in [0.3, 0.4) is 0 Å². The summed E-state index contributed by atoms with van der Waals surface area (Å²) in [5.41, 5.74) is 13.4. The van der Waals surface area contributed by atoms with Crippen LogP contribution in [0.25, 0.3) is 0 Å². The van der Waals surface area contributed by atoms with Crippen LogP contribution in [0.4, 0.5) is 0 Å². The zero-order valence-corrected chi connectivity index (χ0v) is 24.4. The van der Waals surface area contributed by atoms with Gasteiger partial charge in [-0.25, -0.2) is 0 Å². The largest absolute Gasteiger partial charge is 0.508 e. The molecule has 2 fully saturated rings. The first-order valence-electron chi connectivity index (χ1n) is 14.4. The second-order valence-electron chi connectivity index (χ2n) is 11.2. The molecule has 12 nitrogen and oxygen atoms in total. The van der Waals surface area contributed by atoms with Gasteiger partial charge in [-0.1, -0.05) is 42.5 Å². The molecule has 43 heavy (non-hydrogen) atoms. The molecular weight excluding hydrogens is 554 g/mol. The maximum Gasteiger partial charge on any atom is 0.302 e. The fraction of sp³-hybridized carbons (Fsp3) is 0.452. The molecular formula is C31H39N5O7. The fourth-order valence-corrected chi connectivity index (χ4v) is 5.92. The number of phenolic OH excluding ortho intramolecular Hbond substituents is 1. The SMILES string of the molecule is CC(=O)OC1C[C@@H](C(=O)N(C)[C@@H](Cc2ccccc2)C(=O)N2CCC[C@@H]2C(N)=O)N(C(=O)[C@@H](N)Cc2ccc(O)cc2)C1. The number of aromatic hydroxyl groups is 1. The molecule has 2 aromatic carbocycles. The molecule has 4 amide bonds. The van der Waals surface area contributed by atoms with Crippen LogP contribution in [-0.2, 0) is 41.6 Å². The van der Waals surface area contributed by atoms with Crippen LogP contribution in [-0.4, -0.2) is 99.8 Å². The molecule has 0 aliphatic carbocycles. The molecule has 0 spiro atoms. The zero-order chi connectivity index (χ0) is 31.3. The molecule has 0 bridgehead atoms. The summed E-state index contributed by atoms with van der Waals surface area (Å²) in [5.74, 6) is -2.49. The van der Waals surface area contributed by atoms with Crippen LogP contribution in [0.2, 0.25) is 0 Å². The summed E-state index contributed by atoms with van der Waals surface area (Å²) in [5, 5.41) is 9.57. The molecule has 0 radical (unpaired) electrons. The number of amides is 4. The number of ether oxygens (including phenoxy) is 1. The van der Waals surface area contributed by atoms with Crippen LogP contribution in [0.1, 0.15) is 37.3 Å². The van der Waals surface area contributed by atoms with E-state index >= 15 is 0 Å². The van der Waals surface area contributed by atoms with Crippen molar-refractivity contribution in [2.75, 3.05) is 20.1 Å². The lowest BCUT2D eigenvalue weighted by Crippen LogP contribution is -2.58. The molecule has 2 saturated heterocycles. The van der Waals surface area contributed by atoms with Crippen molar-refractivity contribution in [2.24, 2.45) is 11.5 Å². The molecule has 4 rings (SSSR count). The summed E-state index contributed by atoms with van der Waals surface area (Å²) in [7, 11) is 1.50. The summed E-state index contributed by atoms with van der Waals surface area (Å²) >= 11 is 0. The van der Waals surface area contributed by atoms with Gasteiger partial charge in [-0.3, -0.25) is 24.0 Å². The Balaban J connectivity index is 1.60. The number of carbonyl (C=O) groups excluding carboxylic acids is 5. The van der Waals surface area contributed by atoms with E-state index in [4.69, 9.17) is 16.2 Å². The average Bonchev–Trinajstić information content (AvgIpc) is 3.64. The molecule has 2 aliphatic heterocycles. The number of likely N-dealkylation sites (tertiary alicyclic amines) is 2. The first kappa shape index (κ1) is 31.5. The third-order valence-corrected chi connectivity index (χ3v) is 8.11. The van der Waals surface area contributed by atoms with E-state index in [1.807, 2.05) is 30.3 Å². The number of hydrogen-bond acceptors (Lipinski definition) is 8.